The lowest BCUT2D eigenvalue weighted by Crippen LogP contribution is -2.19. The maximum Gasteiger partial charge on any atom is 0.306 e. The second-order valence-electron chi connectivity index (χ2n) is 5.35. The molecule has 0 radical (unpaired) electrons. The number of hydrogen-bond donors (Lipinski definition) is 2. The summed E-state index contributed by atoms with van der Waals surface area (Å²) < 4.78 is 12.6. The number of hydrogen-bond acceptors (Lipinski definition) is 3. The van der Waals surface area contributed by atoms with Crippen LogP contribution in [0.5, 0.6) is 0 Å². The van der Waals surface area contributed by atoms with E-state index in [4.69, 9.17) is 10.2 Å². The summed E-state index contributed by atoms with van der Waals surface area (Å²) >= 11 is 0. The number of rotatable bonds is 8. The molecule has 0 saturated heterocycles. The fourth-order valence-corrected chi connectivity index (χ4v) is 4.71. The highest BCUT2D eigenvalue weighted by Gasteiger charge is 2.27. The van der Waals surface area contributed by atoms with E-state index in [2.05, 4.69) is 9.24 Å². The van der Waals surface area contributed by atoms with Crippen molar-refractivity contribution >= 4 is 33.6 Å². The first-order chi connectivity index (χ1) is 9.69. The Hall–Kier alpha value is -1.18. The lowest BCUT2D eigenvalue weighted by molar-refractivity contribution is -0.142. The Bertz CT molecular complexity index is 553. The Kier molecular flexibility index (Phi) is 6.57. The van der Waals surface area contributed by atoms with E-state index in [-0.39, 0.29) is 19.0 Å². The van der Waals surface area contributed by atoms with Crippen LogP contribution in [0, 0.1) is 5.92 Å². The molecule has 116 valence electrons. The van der Waals surface area contributed by atoms with E-state index >= 15 is 0 Å². The van der Waals surface area contributed by atoms with Crippen LogP contribution in [0.4, 0.5) is 0 Å². The lowest BCUT2D eigenvalue weighted by atomic mass is 10.1. The van der Waals surface area contributed by atoms with Gasteiger partial charge in [-0.2, -0.15) is 0 Å². The van der Waals surface area contributed by atoms with E-state index < -0.39 is 25.0 Å². The van der Waals surface area contributed by atoms with Crippen molar-refractivity contribution in [2.45, 2.75) is 19.0 Å². The van der Waals surface area contributed by atoms with Crippen molar-refractivity contribution in [1.29, 1.82) is 0 Å². The zero-order valence-electron chi connectivity index (χ0n) is 11.9. The Balaban J connectivity index is 2.71. The molecule has 0 aromatic heterocycles. The van der Waals surface area contributed by atoms with Gasteiger partial charge in [0.25, 0.3) is 0 Å². The molecule has 0 amide bonds. The number of benzene rings is 1. The van der Waals surface area contributed by atoms with E-state index in [0.29, 0.717) is 6.16 Å². The highest BCUT2D eigenvalue weighted by Crippen LogP contribution is 2.47. The molecular weight excluding hydrogens is 310 g/mol. The van der Waals surface area contributed by atoms with Crippen molar-refractivity contribution in [1.82, 2.24) is 0 Å². The zero-order valence-corrected chi connectivity index (χ0v) is 13.9. The topological polar surface area (TPSA) is 91.7 Å². The molecule has 7 heteroatoms. The maximum atomic E-state index is 12.6. The van der Waals surface area contributed by atoms with Crippen LogP contribution in [0.1, 0.15) is 18.4 Å². The molecule has 3 unspecified atom stereocenters. The average molecular weight is 330 g/mol. The van der Waals surface area contributed by atoms with Gasteiger partial charge >= 0.3 is 11.9 Å². The van der Waals surface area contributed by atoms with Gasteiger partial charge in [0.05, 0.1) is 13.1 Å². The van der Waals surface area contributed by atoms with Crippen molar-refractivity contribution in [2.75, 3.05) is 12.8 Å². The fourth-order valence-electron chi connectivity index (χ4n) is 2.13. The molecule has 0 heterocycles. The monoisotopic (exact) mass is 330 g/mol. The van der Waals surface area contributed by atoms with Crippen LogP contribution < -0.4 is 5.30 Å². The number of carboxylic acids is 2. The first-order valence-corrected chi connectivity index (χ1v) is 9.64. The average Bonchev–Trinajstić information content (AvgIpc) is 2.36. The molecule has 5 nitrogen and oxygen atoms in total. The van der Waals surface area contributed by atoms with E-state index in [1.54, 1.807) is 6.66 Å². The molecule has 0 aliphatic carbocycles. The molecule has 21 heavy (non-hydrogen) atoms. The highest BCUT2D eigenvalue weighted by atomic mass is 31.2. The van der Waals surface area contributed by atoms with Crippen molar-refractivity contribution in [3.63, 3.8) is 0 Å². The first kappa shape index (κ1) is 17.9. The number of carboxylic acid groups (broad SMARTS) is 2. The van der Waals surface area contributed by atoms with Gasteiger partial charge in [0.2, 0.25) is 0 Å². The predicted molar refractivity (Wildman–Crippen MR) is 85.9 cm³/mol. The van der Waals surface area contributed by atoms with E-state index in [9.17, 15) is 14.2 Å². The van der Waals surface area contributed by atoms with Crippen LogP contribution in [0.3, 0.4) is 0 Å². The van der Waals surface area contributed by atoms with Crippen molar-refractivity contribution in [3.8, 4) is 0 Å². The molecule has 0 fully saturated rings. The molecule has 0 spiro atoms. The molecule has 3 atom stereocenters. The van der Waals surface area contributed by atoms with Gasteiger partial charge in [-0.1, -0.05) is 24.3 Å². The van der Waals surface area contributed by atoms with Crippen molar-refractivity contribution < 1.29 is 24.4 Å². The van der Waals surface area contributed by atoms with E-state index in [1.807, 2.05) is 24.3 Å². The third-order valence-electron chi connectivity index (χ3n) is 3.16. The molecule has 0 aliphatic rings. The summed E-state index contributed by atoms with van der Waals surface area (Å²) in [5.41, 5.74) is 0.898. The summed E-state index contributed by atoms with van der Waals surface area (Å²) in [5.74, 6) is -3.00. The van der Waals surface area contributed by atoms with Crippen LogP contribution in [0.25, 0.3) is 0 Å². The van der Waals surface area contributed by atoms with E-state index in [1.165, 1.54) is 0 Å². The number of carbonyl (C=O) groups is 2. The summed E-state index contributed by atoms with van der Waals surface area (Å²) in [6.45, 7) is 1.58. The molecule has 0 bridgehead atoms. The van der Waals surface area contributed by atoms with Crippen LogP contribution in [-0.4, -0.2) is 35.0 Å². The highest BCUT2D eigenvalue weighted by molar-refractivity contribution is 7.62. The third kappa shape index (κ3) is 6.88. The summed E-state index contributed by atoms with van der Waals surface area (Å²) in [6, 6.07) is 7.51. The van der Waals surface area contributed by atoms with Crippen molar-refractivity contribution in [2.24, 2.45) is 5.92 Å². The second-order valence-corrected chi connectivity index (χ2v) is 9.29. The van der Waals surface area contributed by atoms with E-state index in [0.717, 1.165) is 10.9 Å². The molecule has 0 saturated carbocycles. The van der Waals surface area contributed by atoms with Crippen LogP contribution in [-0.2, 0) is 20.3 Å². The molecule has 0 aliphatic heterocycles. The quantitative estimate of drug-likeness (QED) is 0.713. The van der Waals surface area contributed by atoms with Gasteiger partial charge in [-0.05, 0) is 24.0 Å². The molecule has 1 aromatic carbocycles. The van der Waals surface area contributed by atoms with Gasteiger partial charge in [-0.25, -0.2) is 0 Å². The summed E-state index contributed by atoms with van der Waals surface area (Å²) in [7, 11) is -0.117. The van der Waals surface area contributed by atoms with Crippen LogP contribution >= 0.6 is 16.4 Å². The Morgan fingerprint density at radius 1 is 1.24 bits per heavy atom. The van der Waals surface area contributed by atoms with Crippen molar-refractivity contribution in [3.05, 3.63) is 29.8 Å². The Morgan fingerprint density at radius 3 is 2.29 bits per heavy atom. The molecular formula is C14H20O5P2. The largest absolute Gasteiger partial charge is 0.481 e. The SMILES string of the molecule is CP(=O)(Cc1ccc(P)cc1)CC(CCC(=O)O)C(=O)O. The first-order valence-electron chi connectivity index (χ1n) is 6.54. The predicted octanol–water partition coefficient (Wildman–Crippen LogP) is 2.25. The van der Waals surface area contributed by atoms with Gasteiger partial charge in [0.15, 0.2) is 0 Å². The minimum absolute atomic E-state index is 0.00698. The summed E-state index contributed by atoms with van der Waals surface area (Å²) in [4.78, 5) is 21.7. The summed E-state index contributed by atoms with van der Waals surface area (Å²) in [6.07, 6.45) is 0.138. The van der Waals surface area contributed by atoms with Gasteiger partial charge in [-0.3, -0.25) is 9.59 Å². The maximum absolute atomic E-state index is 12.6. The lowest BCUT2D eigenvalue weighted by Gasteiger charge is -2.18. The summed E-state index contributed by atoms with van der Waals surface area (Å²) in [5, 5.41) is 18.8. The third-order valence-corrected chi connectivity index (χ3v) is 5.79. The van der Waals surface area contributed by atoms with Gasteiger partial charge in [-0.15, -0.1) is 9.24 Å². The normalized spacial score (nSPS) is 15.1. The Labute approximate surface area is 126 Å². The molecule has 1 aromatic rings. The smallest absolute Gasteiger partial charge is 0.306 e. The van der Waals surface area contributed by atoms with Gasteiger partial charge < -0.3 is 14.8 Å². The van der Waals surface area contributed by atoms with Crippen LogP contribution in [0.15, 0.2) is 24.3 Å². The minimum atomic E-state index is -2.68. The van der Waals surface area contributed by atoms with Gasteiger partial charge in [0.1, 0.15) is 0 Å². The molecule has 2 N–H and O–H groups in total. The van der Waals surface area contributed by atoms with Gasteiger partial charge in [0, 0.05) is 18.7 Å². The Morgan fingerprint density at radius 2 is 1.81 bits per heavy atom. The standard InChI is InChI=1S/C14H20O5P2/c1-21(19,8-10-2-5-12(20)6-3-10)9-11(14(17)18)4-7-13(15)16/h2-3,5-6,11H,4,7-9,20H2,1H3,(H,15,16)(H,17,18). The van der Waals surface area contributed by atoms with Crippen LogP contribution in [0.2, 0.25) is 0 Å². The zero-order chi connectivity index (χ0) is 16.0. The fraction of sp³-hybridized carbons (Fsp3) is 0.429. The second kappa shape index (κ2) is 7.72. The number of aliphatic carboxylic acids is 2. The minimum Gasteiger partial charge on any atom is -0.481 e. The molecule has 1 rings (SSSR count).